The second-order valence-corrected chi connectivity index (χ2v) is 6.92. The highest BCUT2D eigenvalue weighted by Crippen LogP contribution is 2.29. The van der Waals surface area contributed by atoms with Gasteiger partial charge in [-0.2, -0.15) is 0 Å². The summed E-state index contributed by atoms with van der Waals surface area (Å²) in [7, 11) is 1.72. The van der Waals surface area contributed by atoms with E-state index in [9.17, 15) is 0 Å². The lowest BCUT2D eigenvalue weighted by molar-refractivity contribution is 0.295. The first-order chi connectivity index (χ1) is 12.7. The van der Waals surface area contributed by atoms with Crippen molar-refractivity contribution in [2.45, 2.75) is 52.9 Å². The number of fused-ring (bicyclic) bond motifs is 1. The van der Waals surface area contributed by atoms with Gasteiger partial charge < -0.3 is 15.0 Å². The van der Waals surface area contributed by atoms with Crippen molar-refractivity contribution in [3.05, 3.63) is 30.0 Å². The first kappa shape index (κ1) is 20.5. The molecule has 0 aliphatic rings. The highest BCUT2D eigenvalue weighted by Gasteiger charge is 2.07. The number of anilines is 1. The number of benzene rings is 1. The predicted octanol–water partition coefficient (Wildman–Crippen LogP) is 5.26. The van der Waals surface area contributed by atoms with Crippen LogP contribution in [-0.2, 0) is 0 Å². The summed E-state index contributed by atoms with van der Waals surface area (Å²) >= 11 is 0. The SMILES string of the molecule is CCN(CC)CCCCCCCNc1cc(OC)cc2c(C)ccnc12. The molecule has 0 radical (unpaired) electrons. The smallest absolute Gasteiger partial charge is 0.121 e. The summed E-state index contributed by atoms with van der Waals surface area (Å²) in [6.45, 7) is 11.2. The Hall–Kier alpha value is -1.81. The number of pyridine rings is 1. The van der Waals surface area contributed by atoms with E-state index in [0.29, 0.717) is 0 Å². The molecule has 2 aromatic rings. The number of aryl methyl sites for hydroxylation is 1. The van der Waals surface area contributed by atoms with Gasteiger partial charge in [0.1, 0.15) is 5.75 Å². The van der Waals surface area contributed by atoms with E-state index in [1.54, 1.807) is 7.11 Å². The minimum absolute atomic E-state index is 0.882. The van der Waals surface area contributed by atoms with Gasteiger partial charge in [0.15, 0.2) is 0 Å². The normalized spacial score (nSPS) is 11.3. The molecule has 1 aromatic heterocycles. The molecular weight excluding hydrogens is 322 g/mol. The van der Waals surface area contributed by atoms with Crippen molar-refractivity contribution in [1.82, 2.24) is 9.88 Å². The van der Waals surface area contributed by atoms with Crippen molar-refractivity contribution >= 4 is 16.6 Å². The van der Waals surface area contributed by atoms with E-state index in [4.69, 9.17) is 4.74 Å². The molecule has 0 spiro atoms. The van der Waals surface area contributed by atoms with Crippen LogP contribution in [0.25, 0.3) is 10.9 Å². The fourth-order valence-corrected chi connectivity index (χ4v) is 3.37. The maximum absolute atomic E-state index is 5.46. The quantitative estimate of drug-likeness (QED) is 0.526. The van der Waals surface area contributed by atoms with Crippen LogP contribution in [0.1, 0.15) is 51.5 Å². The zero-order valence-electron chi connectivity index (χ0n) is 17.0. The lowest BCUT2D eigenvalue weighted by atomic mass is 10.1. The molecule has 4 heteroatoms. The van der Waals surface area contributed by atoms with Crippen LogP contribution in [-0.4, -0.2) is 43.2 Å². The molecule has 1 heterocycles. The lowest BCUT2D eigenvalue weighted by Gasteiger charge is -2.17. The summed E-state index contributed by atoms with van der Waals surface area (Å²) in [4.78, 5) is 7.07. The Morgan fingerprint density at radius 2 is 1.77 bits per heavy atom. The van der Waals surface area contributed by atoms with Crippen LogP contribution >= 0.6 is 0 Å². The minimum atomic E-state index is 0.882. The lowest BCUT2D eigenvalue weighted by Crippen LogP contribution is -2.23. The fourth-order valence-electron chi connectivity index (χ4n) is 3.37. The van der Waals surface area contributed by atoms with E-state index in [1.807, 2.05) is 12.3 Å². The van der Waals surface area contributed by atoms with Crippen LogP contribution in [0.3, 0.4) is 0 Å². The molecule has 2 rings (SSSR count). The molecule has 4 nitrogen and oxygen atoms in total. The molecule has 0 aliphatic heterocycles. The average molecular weight is 358 g/mol. The summed E-state index contributed by atoms with van der Waals surface area (Å²) in [6, 6.07) is 6.17. The number of unbranched alkanes of at least 4 members (excludes halogenated alkanes) is 4. The van der Waals surface area contributed by atoms with Gasteiger partial charge in [0.25, 0.3) is 0 Å². The van der Waals surface area contributed by atoms with Crippen LogP contribution in [0.4, 0.5) is 5.69 Å². The summed E-state index contributed by atoms with van der Waals surface area (Å²) < 4.78 is 5.46. The van der Waals surface area contributed by atoms with Crippen molar-refractivity contribution in [3.8, 4) is 5.75 Å². The summed E-state index contributed by atoms with van der Waals surface area (Å²) in [5.74, 6) is 0.882. The molecule has 0 saturated heterocycles. The molecule has 0 atom stereocenters. The Morgan fingerprint density at radius 1 is 1.04 bits per heavy atom. The van der Waals surface area contributed by atoms with Crippen LogP contribution in [0.2, 0.25) is 0 Å². The van der Waals surface area contributed by atoms with Crippen molar-refractivity contribution in [2.24, 2.45) is 0 Å². The van der Waals surface area contributed by atoms with E-state index < -0.39 is 0 Å². The largest absolute Gasteiger partial charge is 0.497 e. The molecule has 0 fully saturated rings. The molecular formula is C22H35N3O. The number of hydrogen-bond acceptors (Lipinski definition) is 4. The number of ether oxygens (including phenoxy) is 1. The highest BCUT2D eigenvalue weighted by molar-refractivity contribution is 5.93. The second kappa shape index (κ2) is 11.0. The molecule has 144 valence electrons. The van der Waals surface area contributed by atoms with E-state index in [1.165, 1.54) is 57.3 Å². The van der Waals surface area contributed by atoms with Gasteiger partial charge in [0, 0.05) is 24.2 Å². The monoisotopic (exact) mass is 357 g/mol. The first-order valence-corrected chi connectivity index (χ1v) is 10.1. The maximum Gasteiger partial charge on any atom is 0.121 e. The van der Waals surface area contributed by atoms with Gasteiger partial charge >= 0.3 is 0 Å². The van der Waals surface area contributed by atoms with E-state index in [2.05, 4.69) is 48.1 Å². The Morgan fingerprint density at radius 3 is 2.50 bits per heavy atom. The van der Waals surface area contributed by atoms with Gasteiger partial charge in [-0.3, -0.25) is 4.98 Å². The summed E-state index contributed by atoms with van der Waals surface area (Å²) in [6.07, 6.45) is 8.32. The maximum atomic E-state index is 5.46. The van der Waals surface area contributed by atoms with Gasteiger partial charge in [0.05, 0.1) is 18.3 Å². The zero-order valence-corrected chi connectivity index (χ0v) is 17.0. The van der Waals surface area contributed by atoms with E-state index in [0.717, 1.165) is 28.9 Å². The number of hydrogen-bond donors (Lipinski definition) is 1. The molecule has 0 amide bonds. The van der Waals surface area contributed by atoms with Gasteiger partial charge in [-0.1, -0.05) is 33.1 Å². The Bertz CT molecular complexity index is 668. The number of aromatic nitrogens is 1. The number of methoxy groups -OCH3 is 1. The third-order valence-corrected chi connectivity index (χ3v) is 5.13. The molecule has 0 aliphatic carbocycles. The molecule has 26 heavy (non-hydrogen) atoms. The van der Waals surface area contributed by atoms with Crippen molar-refractivity contribution < 1.29 is 4.74 Å². The van der Waals surface area contributed by atoms with E-state index in [-0.39, 0.29) is 0 Å². The molecule has 1 aromatic carbocycles. The predicted molar refractivity (Wildman–Crippen MR) is 112 cm³/mol. The van der Waals surface area contributed by atoms with Gasteiger partial charge in [0.2, 0.25) is 0 Å². The van der Waals surface area contributed by atoms with Crippen LogP contribution < -0.4 is 10.1 Å². The Labute approximate surface area is 159 Å². The molecule has 0 bridgehead atoms. The van der Waals surface area contributed by atoms with Gasteiger partial charge in [-0.05, 0) is 57.1 Å². The standard InChI is InChI=1S/C22H35N3O/c1-5-25(6-2)15-11-9-7-8-10-13-23-21-17-19(26-4)16-20-18(3)12-14-24-22(20)21/h12,14,16-17,23H,5-11,13,15H2,1-4H3. The molecule has 0 unspecified atom stereocenters. The van der Waals surface area contributed by atoms with Crippen molar-refractivity contribution in [3.63, 3.8) is 0 Å². The summed E-state index contributed by atoms with van der Waals surface area (Å²) in [5, 5.41) is 4.72. The molecule has 1 N–H and O–H groups in total. The van der Waals surface area contributed by atoms with Crippen molar-refractivity contribution in [1.29, 1.82) is 0 Å². The molecule has 0 saturated carbocycles. The first-order valence-electron chi connectivity index (χ1n) is 10.1. The van der Waals surface area contributed by atoms with Gasteiger partial charge in [-0.25, -0.2) is 0 Å². The zero-order chi connectivity index (χ0) is 18.8. The Kier molecular flexibility index (Phi) is 8.69. The van der Waals surface area contributed by atoms with Gasteiger partial charge in [-0.15, -0.1) is 0 Å². The number of rotatable bonds is 12. The van der Waals surface area contributed by atoms with Crippen LogP contribution in [0, 0.1) is 6.92 Å². The van der Waals surface area contributed by atoms with E-state index >= 15 is 0 Å². The van der Waals surface area contributed by atoms with Crippen LogP contribution in [0.5, 0.6) is 5.75 Å². The van der Waals surface area contributed by atoms with Crippen molar-refractivity contribution in [2.75, 3.05) is 38.6 Å². The second-order valence-electron chi connectivity index (χ2n) is 6.92. The minimum Gasteiger partial charge on any atom is -0.497 e. The fraction of sp³-hybridized carbons (Fsp3) is 0.591. The third-order valence-electron chi connectivity index (χ3n) is 5.13. The summed E-state index contributed by atoms with van der Waals surface area (Å²) in [5.41, 5.74) is 3.33. The highest BCUT2D eigenvalue weighted by atomic mass is 16.5. The Balaban J connectivity index is 1.77. The topological polar surface area (TPSA) is 37.4 Å². The number of nitrogens with zero attached hydrogens (tertiary/aromatic N) is 2. The third kappa shape index (κ3) is 5.87. The number of nitrogens with one attached hydrogen (secondary N) is 1. The average Bonchev–Trinajstić information content (AvgIpc) is 2.67. The van der Waals surface area contributed by atoms with Crippen LogP contribution in [0.15, 0.2) is 24.4 Å².